The van der Waals surface area contributed by atoms with Crippen molar-refractivity contribution < 1.29 is 0 Å². The van der Waals surface area contributed by atoms with Crippen molar-refractivity contribution in [2.45, 2.75) is 25.9 Å². The molecule has 0 spiro atoms. The number of hydrogen-bond donors (Lipinski definition) is 1. The van der Waals surface area contributed by atoms with Gasteiger partial charge in [0.1, 0.15) is 0 Å². The fourth-order valence-corrected chi connectivity index (χ4v) is 2.49. The van der Waals surface area contributed by atoms with Crippen molar-refractivity contribution in [3.05, 3.63) is 28.8 Å². The van der Waals surface area contributed by atoms with Crippen LogP contribution in [0.25, 0.3) is 0 Å². The van der Waals surface area contributed by atoms with Crippen molar-refractivity contribution in [1.82, 2.24) is 0 Å². The molecule has 1 unspecified atom stereocenters. The van der Waals surface area contributed by atoms with Gasteiger partial charge >= 0.3 is 0 Å². The molecule has 17 heavy (non-hydrogen) atoms. The molecule has 0 heterocycles. The molecule has 0 amide bonds. The molecule has 1 aromatic carbocycles. The van der Waals surface area contributed by atoms with Gasteiger partial charge in [0.2, 0.25) is 0 Å². The van der Waals surface area contributed by atoms with Crippen LogP contribution in [0.1, 0.15) is 18.9 Å². The van der Waals surface area contributed by atoms with E-state index in [9.17, 15) is 0 Å². The Labute approximate surface area is 114 Å². The lowest BCUT2D eigenvalue weighted by molar-refractivity contribution is 0.669. The lowest BCUT2D eigenvalue weighted by atomic mass is 10.1. The monoisotopic (exact) mass is 272 g/mol. The molecule has 96 valence electrons. The van der Waals surface area contributed by atoms with Crippen LogP contribution in [0.5, 0.6) is 0 Å². The van der Waals surface area contributed by atoms with Crippen LogP contribution in [0, 0.1) is 0 Å². The van der Waals surface area contributed by atoms with Crippen LogP contribution >= 0.6 is 23.4 Å². The number of rotatable bonds is 6. The number of nitrogens with zero attached hydrogens (tertiary/aromatic N) is 1. The van der Waals surface area contributed by atoms with Gasteiger partial charge < -0.3 is 10.6 Å². The van der Waals surface area contributed by atoms with Gasteiger partial charge in [-0.25, -0.2) is 0 Å². The van der Waals surface area contributed by atoms with E-state index in [1.165, 1.54) is 12.2 Å². The number of nitrogens with two attached hydrogens (primary N) is 1. The molecule has 0 saturated carbocycles. The van der Waals surface area contributed by atoms with Crippen LogP contribution in [-0.2, 0) is 6.54 Å². The summed E-state index contributed by atoms with van der Waals surface area (Å²) < 4.78 is 0. The van der Waals surface area contributed by atoms with E-state index in [4.69, 9.17) is 17.3 Å². The second kappa shape index (κ2) is 7.14. The maximum Gasteiger partial charge on any atom is 0.0471 e. The Bertz CT molecular complexity index is 357. The number of benzene rings is 1. The van der Waals surface area contributed by atoms with E-state index >= 15 is 0 Å². The smallest absolute Gasteiger partial charge is 0.0471 e. The molecule has 0 bridgehead atoms. The van der Waals surface area contributed by atoms with Gasteiger partial charge in [0.15, 0.2) is 0 Å². The molecule has 1 rings (SSSR count). The predicted octanol–water partition coefficient (Wildman–Crippen LogP) is 3.38. The molecule has 0 saturated heterocycles. The zero-order valence-corrected chi connectivity index (χ0v) is 12.3. The summed E-state index contributed by atoms with van der Waals surface area (Å²) in [5.41, 5.74) is 7.76. The van der Waals surface area contributed by atoms with Gasteiger partial charge in [0.25, 0.3) is 0 Å². The third-order valence-corrected chi connectivity index (χ3v) is 4.06. The highest BCUT2D eigenvalue weighted by Gasteiger charge is 2.10. The highest BCUT2D eigenvalue weighted by Crippen LogP contribution is 2.24. The Morgan fingerprint density at radius 3 is 2.71 bits per heavy atom. The van der Waals surface area contributed by atoms with Crippen molar-refractivity contribution in [3.63, 3.8) is 0 Å². The molecule has 0 fully saturated rings. The molecule has 1 atom stereocenters. The molecule has 0 aliphatic rings. The normalized spacial score (nSPS) is 12.5. The zero-order chi connectivity index (χ0) is 12.8. The number of anilines is 1. The van der Waals surface area contributed by atoms with Gasteiger partial charge in [-0.15, -0.1) is 0 Å². The van der Waals surface area contributed by atoms with Gasteiger partial charge in [-0.3, -0.25) is 0 Å². The number of thioether (sulfide) groups is 1. The van der Waals surface area contributed by atoms with Crippen molar-refractivity contribution in [2.75, 3.05) is 24.0 Å². The molecule has 1 aromatic rings. The number of halogens is 1. The fraction of sp³-hybridized carbons (Fsp3) is 0.538. The Morgan fingerprint density at radius 2 is 2.18 bits per heavy atom. The van der Waals surface area contributed by atoms with Gasteiger partial charge in [-0.05, 0) is 43.0 Å². The zero-order valence-electron chi connectivity index (χ0n) is 10.7. The molecule has 0 radical (unpaired) electrons. The summed E-state index contributed by atoms with van der Waals surface area (Å²) in [5, 5.41) is 0.758. The minimum absolute atomic E-state index is 0.491. The maximum absolute atomic E-state index is 6.17. The molecule has 0 aliphatic heterocycles. The van der Waals surface area contributed by atoms with Crippen LogP contribution < -0.4 is 10.6 Å². The maximum atomic E-state index is 6.17. The van der Waals surface area contributed by atoms with Gasteiger partial charge in [-0.1, -0.05) is 17.7 Å². The lowest BCUT2D eigenvalue weighted by Gasteiger charge is -2.27. The average molecular weight is 273 g/mol. The third-order valence-electron chi connectivity index (χ3n) is 3.06. The predicted molar refractivity (Wildman–Crippen MR) is 80.2 cm³/mol. The van der Waals surface area contributed by atoms with Crippen molar-refractivity contribution in [1.29, 1.82) is 0 Å². The van der Waals surface area contributed by atoms with Crippen LogP contribution in [0.3, 0.4) is 0 Å². The molecule has 0 aliphatic carbocycles. The summed E-state index contributed by atoms with van der Waals surface area (Å²) in [6, 6.07) is 6.61. The van der Waals surface area contributed by atoms with E-state index in [2.05, 4.69) is 31.2 Å². The Morgan fingerprint density at radius 1 is 1.47 bits per heavy atom. The minimum atomic E-state index is 0.491. The first-order valence-electron chi connectivity index (χ1n) is 5.80. The SMILES string of the molecule is CSCCC(C)N(C)c1ccc(CN)c(Cl)c1. The molecular weight excluding hydrogens is 252 g/mol. The standard InChI is InChI=1S/C13H21ClN2S/c1-10(6-7-17-3)16(2)12-5-4-11(9-15)13(14)8-12/h4-5,8,10H,6-7,9,15H2,1-3H3. The van der Waals surface area contributed by atoms with Gasteiger partial charge in [0, 0.05) is 30.3 Å². The second-order valence-corrected chi connectivity index (χ2v) is 5.61. The van der Waals surface area contributed by atoms with Crippen LogP contribution in [0.15, 0.2) is 18.2 Å². The quantitative estimate of drug-likeness (QED) is 0.861. The van der Waals surface area contributed by atoms with E-state index in [0.717, 1.165) is 16.3 Å². The van der Waals surface area contributed by atoms with E-state index in [-0.39, 0.29) is 0 Å². The van der Waals surface area contributed by atoms with Gasteiger partial charge in [-0.2, -0.15) is 11.8 Å². The minimum Gasteiger partial charge on any atom is -0.372 e. The van der Waals surface area contributed by atoms with E-state index in [0.29, 0.717) is 12.6 Å². The van der Waals surface area contributed by atoms with E-state index < -0.39 is 0 Å². The van der Waals surface area contributed by atoms with Crippen molar-refractivity contribution in [2.24, 2.45) is 5.73 Å². The first-order chi connectivity index (χ1) is 8.10. The lowest BCUT2D eigenvalue weighted by Crippen LogP contribution is -2.29. The molecule has 0 aromatic heterocycles. The molecular formula is C13H21ClN2S. The summed E-state index contributed by atoms with van der Waals surface area (Å²) in [5.74, 6) is 1.18. The molecule has 2 nitrogen and oxygen atoms in total. The molecule has 2 N–H and O–H groups in total. The molecule has 4 heteroatoms. The topological polar surface area (TPSA) is 29.3 Å². The summed E-state index contributed by atoms with van der Waals surface area (Å²) in [6.45, 7) is 2.73. The Balaban J connectivity index is 2.74. The van der Waals surface area contributed by atoms with E-state index in [1.54, 1.807) is 0 Å². The highest BCUT2D eigenvalue weighted by atomic mass is 35.5. The van der Waals surface area contributed by atoms with Gasteiger partial charge in [0.05, 0.1) is 0 Å². The Kier molecular flexibility index (Phi) is 6.17. The van der Waals surface area contributed by atoms with Crippen molar-refractivity contribution in [3.8, 4) is 0 Å². The first-order valence-corrected chi connectivity index (χ1v) is 7.57. The Hall–Kier alpha value is -0.380. The first kappa shape index (κ1) is 14.7. The second-order valence-electron chi connectivity index (χ2n) is 4.22. The summed E-state index contributed by atoms with van der Waals surface area (Å²) in [4.78, 5) is 2.27. The van der Waals surface area contributed by atoms with Crippen molar-refractivity contribution >= 4 is 29.1 Å². The fourth-order valence-electron chi connectivity index (χ4n) is 1.66. The summed E-state index contributed by atoms with van der Waals surface area (Å²) in [6.07, 6.45) is 3.31. The van der Waals surface area contributed by atoms with Crippen LogP contribution in [0.4, 0.5) is 5.69 Å². The summed E-state index contributed by atoms with van der Waals surface area (Å²) in [7, 11) is 2.11. The largest absolute Gasteiger partial charge is 0.372 e. The number of hydrogen-bond acceptors (Lipinski definition) is 3. The van der Waals surface area contributed by atoms with Crippen LogP contribution in [0.2, 0.25) is 5.02 Å². The average Bonchev–Trinajstić information content (AvgIpc) is 2.34. The third kappa shape index (κ3) is 4.09. The highest BCUT2D eigenvalue weighted by molar-refractivity contribution is 7.98. The van der Waals surface area contributed by atoms with Crippen LogP contribution in [-0.4, -0.2) is 25.1 Å². The summed E-state index contributed by atoms with van der Waals surface area (Å²) >= 11 is 8.05. The van der Waals surface area contributed by atoms with E-state index in [1.807, 2.05) is 23.9 Å².